The Morgan fingerprint density at radius 3 is 2.59 bits per heavy atom. The molecule has 3 rings (SSSR count). The summed E-state index contributed by atoms with van der Waals surface area (Å²) in [7, 11) is 0. The van der Waals surface area contributed by atoms with Crippen molar-refractivity contribution >= 4 is 23.2 Å². The van der Waals surface area contributed by atoms with E-state index in [1.165, 1.54) is 15.8 Å². The third-order valence-electron chi connectivity index (χ3n) is 4.54. The molecule has 2 aromatic heterocycles. The van der Waals surface area contributed by atoms with Crippen LogP contribution in [0.1, 0.15) is 44.7 Å². The van der Waals surface area contributed by atoms with Crippen molar-refractivity contribution in [2.45, 2.75) is 58.5 Å². The normalized spacial score (nSPS) is 17.0. The van der Waals surface area contributed by atoms with E-state index in [-0.39, 0.29) is 36.0 Å². The van der Waals surface area contributed by atoms with E-state index < -0.39 is 36.4 Å². The summed E-state index contributed by atoms with van der Waals surface area (Å²) in [6.07, 6.45) is -3.64. The van der Waals surface area contributed by atoms with Gasteiger partial charge in [-0.1, -0.05) is 0 Å². The van der Waals surface area contributed by atoms with E-state index in [1.807, 2.05) is 5.32 Å². The van der Waals surface area contributed by atoms with Crippen LogP contribution >= 0.6 is 0 Å². The maximum Gasteiger partial charge on any atom is 0.410 e. The number of aryl methyl sites for hydroxylation is 1. The van der Waals surface area contributed by atoms with Gasteiger partial charge in [-0.05, 0) is 27.7 Å². The van der Waals surface area contributed by atoms with Crippen LogP contribution in [0.2, 0.25) is 0 Å². The molecule has 3 heterocycles. The summed E-state index contributed by atoms with van der Waals surface area (Å²) < 4.78 is 50.1. The van der Waals surface area contributed by atoms with Gasteiger partial charge in [0.2, 0.25) is 11.7 Å². The van der Waals surface area contributed by atoms with Gasteiger partial charge in [-0.3, -0.25) is 4.79 Å². The molecule has 2 aromatic rings. The van der Waals surface area contributed by atoms with Crippen molar-refractivity contribution < 1.29 is 32.2 Å². The lowest BCUT2D eigenvalue weighted by molar-refractivity contribution is -0.123. The molecule has 0 aromatic carbocycles. The third kappa shape index (κ3) is 5.56. The highest BCUT2D eigenvalue weighted by atomic mass is 19.4. The fourth-order valence-electron chi connectivity index (χ4n) is 3.21. The van der Waals surface area contributed by atoms with E-state index in [0.29, 0.717) is 13.0 Å². The summed E-state index contributed by atoms with van der Waals surface area (Å²) in [6, 6.07) is 0. The first-order valence-corrected chi connectivity index (χ1v) is 10.1. The molecule has 1 saturated heterocycles. The minimum absolute atomic E-state index is 0.0862. The van der Waals surface area contributed by atoms with E-state index >= 15 is 0 Å². The summed E-state index contributed by atoms with van der Waals surface area (Å²) in [4.78, 5) is 38.4. The Morgan fingerprint density at radius 2 is 1.97 bits per heavy atom. The minimum atomic E-state index is -4.55. The van der Waals surface area contributed by atoms with Crippen molar-refractivity contribution in [1.82, 2.24) is 29.7 Å². The van der Waals surface area contributed by atoms with Crippen LogP contribution in [0.15, 0.2) is 6.33 Å². The highest BCUT2D eigenvalue weighted by Gasteiger charge is 2.33. The number of nitrogens with zero attached hydrogens (tertiary/aromatic N) is 5. The SMILES string of the molecule is CCn1c(C(=O)NCC(F)(F)F)nc2c(OC3CCN(C(=O)OC(C)(C)C)C3)ncnc21. The Balaban J connectivity index is 1.78. The Hall–Kier alpha value is -3.12. The van der Waals surface area contributed by atoms with E-state index in [2.05, 4.69) is 15.0 Å². The fourth-order valence-corrected chi connectivity index (χ4v) is 3.21. The lowest BCUT2D eigenvalue weighted by atomic mass is 10.2. The van der Waals surface area contributed by atoms with E-state index in [4.69, 9.17) is 9.47 Å². The highest BCUT2D eigenvalue weighted by Crippen LogP contribution is 2.26. The Labute approximate surface area is 182 Å². The van der Waals surface area contributed by atoms with Gasteiger partial charge in [0.1, 0.15) is 24.6 Å². The van der Waals surface area contributed by atoms with Crippen molar-refractivity contribution in [3.8, 4) is 5.88 Å². The number of carbonyl (C=O) groups is 2. The van der Waals surface area contributed by atoms with Gasteiger partial charge in [-0.25, -0.2) is 14.8 Å². The fraction of sp³-hybridized carbons (Fsp3) is 0.632. The van der Waals surface area contributed by atoms with Gasteiger partial charge < -0.3 is 24.3 Å². The molecule has 0 aliphatic carbocycles. The van der Waals surface area contributed by atoms with Crippen LogP contribution < -0.4 is 10.1 Å². The summed E-state index contributed by atoms with van der Waals surface area (Å²) in [5.74, 6) is -1.12. The van der Waals surface area contributed by atoms with Crippen LogP contribution in [0, 0.1) is 0 Å². The Kier molecular flexibility index (Phi) is 6.46. The number of halogens is 3. The number of hydrogen-bond acceptors (Lipinski definition) is 7. The number of rotatable bonds is 5. The average Bonchev–Trinajstić information content (AvgIpc) is 3.29. The predicted octanol–water partition coefficient (Wildman–Crippen LogP) is 2.53. The van der Waals surface area contributed by atoms with Crippen LogP contribution in [0.3, 0.4) is 0 Å². The first kappa shape index (κ1) is 23.5. The van der Waals surface area contributed by atoms with Gasteiger partial charge in [-0.15, -0.1) is 0 Å². The molecule has 1 aliphatic heterocycles. The molecule has 32 heavy (non-hydrogen) atoms. The minimum Gasteiger partial charge on any atom is -0.471 e. The summed E-state index contributed by atoms with van der Waals surface area (Å²) >= 11 is 0. The zero-order chi connectivity index (χ0) is 23.7. The quantitative estimate of drug-likeness (QED) is 0.733. The lowest BCUT2D eigenvalue weighted by Gasteiger charge is -2.24. The smallest absolute Gasteiger partial charge is 0.410 e. The largest absolute Gasteiger partial charge is 0.471 e. The molecule has 0 radical (unpaired) electrons. The number of amides is 2. The molecule has 1 aliphatic rings. The second-order valence-corrected chi connectivity index (χ2v) is 8.28. The molecule has 1 unspecified atom stereocenters. The van der Waals surface area contributed by atoms with Crippen LogP contribution in [-0.2, 0) is 11.3 Å². The number of ether oxygens (including phenoxy) is 2. The number of carbonyl (C=O) groups excluding carboxylic acids is 2. The third-order valence-corrected chi connectivity index (χ3v) is 4.54. The molecule has 0 saturated carbocycles. The lowest BCUT2D eigenvalue weighted by Crippen LogP contribution is -2.36. The highest BCUT2D eigenvalue weighted by molar-refractivity contribution is 5.95. The van der Waals surface area contributed by atoms with E-state index in [0.717, 1.165) is 0 Å². The Morgan fingerprint density at radius 1 is 1.25 bits per heavy atom. The maximum absolute atomic E-state index is 12.5. The number of nitrogens with one attached hydrogen (secondary N) is 1. The van der Waals surface area contributed by atoms with Crippen LogP contribution in [0.25, 0.3) is 11.2 Å². The van der Waals surface area contributed by atoms with Crippen LogP contribution in [-0.4, -0.2) is 73.9 Å². The predicted molar refractivity (Wildman–Crippen MR) is 106 cm³/mol. The standard InChI is InChI=1S/C19H25F3N6O4/c1-5-28-13-12(26-14(28)15(29)23-9-19(20,21)22)16(25-10-24-13)31-11-6-7-27(8-11)17(30)32-18(2,3)4/h10-11H,5-9H2,1-4H3,(H,23,29). The topological polar surface area (TPSA) is 111 Å². The Bertz CT molecular complexity index is 1000. The van der Waals surface area contributed by atoms with E-state index in [9.17, 15) is 22.8 Å². The van der Waals surface area contributed by atoms with E-state index in [1.54, 1.807) is 27.7 Å². The molecular weight excluding hydrogens is 433 g/mol. The molecule has 0 spiro atoms. The van der Waals surface area contributed by atoms with Crippen molar-refractivity contribution in [2.24, 2.45) is 0 Å². The van der Waals surface area contributed by atoms with Crippen molar-refractivity contribution in [1.29, 1.82) is 0 Å². The van der Waals surface area contributed by atoms with Crippen molar-refractivity contribution in [3.05, 3.63) is 12.2 Å². The van der Waals surface area contributed by atoms with Gasteiger partial charge in [0.05, 0.1) is 6.54 Å². The average molecular weight is 458 g/mol. The first-order valence-electron chi connectivity index (χ1n) is 10.1. The molecular formula is C19H25F3N6O4. The monoisotopic (exact) mass is 458 g/mol. The number of aromatic nitrogens is 4. The van der Waals surface area contributed by atoms with Gasteiger partial charge in [0.25, 0.3) is 5.91 Å². The number of likely N-dealkylation sites (tertiary alicyclic amines) is 1. The number of alkyl halides is 3. The number of hydrogen-bond donors (Lipinski definition) is 1. The van der Waals surface area contributed by atoms with Crippen LogP contribution in [0.4, 0.5) is 18.0 Å². The zero-order valence-electron chi connectivity index (χ0n) is 18.2. The van der Waals surface area contributed by atoms with Crippen molar-refractivity contribution in [3.63, 3.8) is 0 Å². The van der Waals surface area contributed by atoms with Gasteiger partial charge in [0, 0.05) is 19.5 Å². The second kappa shape index (κ2) is 8.79. The molecule has 0 bridgehead atoms. The summed E-state index contributed by atoms with van der Waals surface area (Å²) in [5.41, 5.74) is -0.204. The zero-order valence-corrected chi connectivity index (χ0v) is 18.2. The number of fused-ring (bicyclic) bond motifs is 1. The molecule has 1 fully saturated rings. The molecule has 176 valence electrons. The van der Waals surface area contributed by atoms with Crippen LogP contribution in [0.5, 0.6) is 5.88 Å². The molecule has 2 amide bonds. The number of imidazole rings is 1. The summed E-state index contributed by atoms with van der Waals surface area (Å²) in [5, 5.41) is 1.81. The van der Waals surface area contributed by atoms with Gasteiger partial charge in [-0.2, -0.15) is 18.2 Å². The van der Waals surface area contributed by atoms with Gasteiger partial charge in [0.15, 0.2) is 11.2 Å². The molecule has 1 N–H and O–H groups in total. The maximum atomic E-state index is 12.5. The molecule has 13 heteroatoms. The van der Waals surface area contributed by atoms with Crippen molar-refractivity contribution in [2.75, 3.05) is 19.6 Å². The first-order chi connectivity index (χ1) is 14.9. The summed E-state index contributed by atoms with van der Waals surface area (Å²) in [6.45, 7) is 6.52. The molecule has 1 atom stereocenters. The second-order valence-electron chi connectivity index (χ2n) is 8.28. The molecule has 10 nitrogen and oxygen atoms in total. The van der Waals surface area contributed by atoms with Gasteiger partial charge >= 0.3 is 12.3 Å².